The molecule has 2 aromatic heterocycles. The van der Waals surface area contributed by atoms with Crippen LogP contribution >= 0.6 is 0 Å². The summed E-state index contributed by atoms with van der Waals surface area (Å²) in [6.07, 6.45) is 5.37. The molecule has 4 rings (SSSR count). The Morgan fingerprint density at radius 2 is 1.89 bits per heavy atom. The minimum Gasteiger partial charge on any atom is -0.315 e. The van der Waals surface area contributed by atoms with Crippen LogP contribution in [-0.2, 0) is 11.8 Å². The third-order valence-corrected chi connectivity index (χ3v) is 6.03. The van der Waals surface area contributed by atoms with E-state index in [0.29, 0.717) is 30.0 Å². The molecular formula is C28H27FN6O. The number of hydrogen-bond donors (Lipinski definition) is 2. The molecular weight excluding hydrogens is 455 g/mol. The second-order valence-electron chi connectivity index (χ2n) is 8.69. The number of nitriles is 1. The number of pyridine rings is 1. The Balaban J connectivity index is 1.42. The van der Waals surface area contributed by atoms with Gasteiger partial charge in [-0.3, -0.25) is 9.48 Å². The fourth-order valence-corrected chi connectivity index (χ4v) is 4.02. The maximum absolute atomic E-state index is 14.4. The number of benzene rings is 2. The summed E-state index contributed by atoms with van der Waals surface area (Å²) in [6, 6.07) is 19.6. The van der Waals surface area contributed by atoms with Crippen LogP contribution in [0.5, 0.6) is 0 Å². The minimum absolute atomic E-state index is 0.140. The highest BCUT2D eigenvalue weighted by molar-refractivity contribution is 5.95. The average molecular weight is 483 g/mol. The van der Waals surface area contributed by atoms with E-state index in [1.165, 1.54) is 6.07 Å². The summed E-state index contributed by atoms with van der Waals surface area (Å²) in [5, 5.41) is 19.4. The number of aromatic nitrogens is 3. The Labute approximate surface area is 209 Å². The molecule has 182 valence electrons. The molecule has 1 unspecified atom stereocenters. The molecule has 0 aliphatic heterocycles. The minimum atomic E-state index is -0.469. The van der Waals surface area contributed by atoms with Crippen LogP contribution < -0.4 is 10.6 Å². The predicted molar refractivity (Wildman–Crippen MR) is 137 cm³/mol. The molecule has 0 fully saturated rings. The van der Waals surface area contributed by atoms with Crippen LogP contribution in [0.25, 0.3) is 11.1 Å². The summed E-state index contributed by atoms with van der Waals surface area (Å²) in [5.74, 6) is -0.737. The van der Waals surface area contributed by atoms with Gasteiger partial charge in [-0.1, -0.05) is 43.3 Å². The van der Waals surface area contributed by atoms with E-state index < -0.39 is 11.7 Å². The second-order valence-corrected chi connectivity index (χ2v) is 8.69. The van der Waals surface area contributed by atoms with E-state index >= 15 is 0 Å². The van der Waals surface area contributed by atoms with Gasteiger partial charge in [-0.05, 0) is 41.3 Å². The lowest BCUT2D eigenvalue weighted by atomic mass is 9.96. The van der Waals surface area contributed by atoms with E-state index in [9.17, 15) is 9.18 Å². The molecule has 4 aromatic rings. The fourth-order valence-electron chi connectivity index (χ4n) is 4.02. The lowest BCUT2D eigenvalue weighted by molar-refractivity contribution is -0.117. The van der Waals surface area contributed by atoms with Crippen LogP contribution in [0.2, 0.25) is 0 Å². The molecule has 8 heteroatoms. The van der Waals surface area contributed by atoms with Gasteiger partial charge >= 0.3 is 0 Å². The molecule has 0 saturated carbocycles. The van der Waals surface area contributed by atoms with Gasteiger partial charge in [0.1, 0.15) is 11.6 Å². The van der Waals surface area contributed by atoms with Gasteiger partial charge in [0.25, 0.3) is 0 Å². The maximum Gasteiger partial charge on any atom is 0.234 e. The number of anilines is 1. The molecule has 0 radical (unpaired) electrons. The van der Waals surface area contributed by atoms with E-state index in [4.69, 9.17) is 5.26 Å². The molecule has 0 aliphatic carbocycles. The lowest BCUT2D eigenvalue weighted by Crippen LogP contribution is -2.33. The molecule has 1 amide bonds. The molecule has 2 atom stereocenters. The van der Waals surface area contributed by atoms with Gasteiger partial charge in [0, 0.05) is 43.7 Å². The van der Waals surface area contributed by atoms with Crippen LogP contribution in [0.1, 0.15) is 35.4 Å². The van der Waals surface area contributed by atoms with Crippen molar-refractivity contribution in [1.82, 2.24) is 20.1 Å². The highest BCUT2D eigenvalue weighted by atomic mass is 19.1. The summed E-state index contributed by atoms with van der Waals surface area (Å²) in [4.78, 5) is 17.6. The van der Waals surface area contributed by atoms with Gasteiger partial charge in [-0.2, -0.15) is 10.4 Å². The number of rotatable bonds is 9. The topological polar surface area (TPSA) is 95.6 Å². The van der Waals surface area contributed by atoms with Gasteiger partial charge in [0.15, 0.2) is 0 Å². The van der Waals surface area contributed by atoms with Crippen LogP contribution in [0.3, 0.4) is 0 Å². The molecule has 2 N–H and O–H groups in total. The smallest absolute Gasteiger partial charge is 0.234 e. The van der Waals surface area contributed by atoms with Crippen molar-refractivity contribution in [2.45, 2.75) is 18.8 Å². The SMILES string of the molecule is C[C@H](CNCC(C(=O)Nc1ccc(-c2cnn(C)c2)cn1)c1ccccc1)c1ccc(C#N)cc1F. The summed E-state index contributed by atoms with van der Waals surface area (Å²) >= 11 is 0. The zero-order chi connectivity index (χ0) is 25.5. The molecule has 0 saturated heterocycles. The van der Waals surface area contributed by atoms with Crippen molar-refractivity contribution >= 4 is 11.7 Å². The first kappa shape index (κ1) is 24.8. The first-order chi connectivity index (χ1) is 17.4. The molecule has 0 bridgehead atoms. The molecule has 2 aromatic carbocycles. The van der Waals surface area contributed by atoms with Crippen molar-refractivity contribution in [2.75, 3.05) is 18.4 Å². The van der Waals surface area contributed by atoms with Crippen molar-refractivity contribution in [3.05, 3.63) is 102 Å². The van der Waals surface area contributed by atoms with Crippen LogP contribution in [0.15, 0.2) is 79.3 Å². The summed E-state index contributed by atoms with van der Waals surface area (Å²) in [5.41, 5.74) is 3.54. The number of aryl methyl sites for hydroxylation is 1. The monoisotopic (exact) mass is 482 g/mol. The summed E-state index contributed by atoms with van der Waals surface area (Å²) in [6.45, 7) is 2.74. The van der Waals surface area contributed by atoms with E-state index in [2.05, 4.69) is 20.7 Å². The molecule has 0 spiro atoms. The highest BCUT2D eigenvalue weighted by Crippen LogP contribution is 2.22. The second kappa shape index (κ2) is 11.4. The van der Waals surface area contributed by atoms with Crippen LogP contribution in [0, 0.1) is 17.1 Å². The number of nitrogens with zero attached hydrogens (tertiary/aromatic N) is 4. The molecule has 2 heterocycles. The first-order valence-electron chi connectivity index (χ1n) is 11.7. The number of amides is 1. The van der Waals surface area contributed by atoms with Crippen LogP contribution in [0.4, 0.5) is 10.2 Å². The molecule has 7 nitrogen and oxygen atoms in total. The average Bonchev–Trinajstić information content (AvgIpc) is 3.33. The maximum atomic E-state index is 14.4. The van der Waals surface area contributed by atoms with Crippen molar-refractivity contribution in [1.29, 1.82) is 5.26 Å². The third kappa shape index (κ3) is 6.01. The van der Waals surface area contributed by atoms with Crippen molar-refractivity contribution in [2.24, 2.45) is 7.05 Å². The first-order valence-corrected chi connectivity index (χ1v) is 11.7. The van der Waals surface area contributed by atoms with Gasteiger partial charge in [0.05, 0.1) is 23.7 Å². The Kier molecular flexibility index (Phi) is 7.83. The van der Waals surface area contributed by atoms with Gasteiger partial charge in [-0.25, -0.2) is 9.37 Å². The van der Waals surface area contributed by atoms with Crippen molar-refractivity contribution in [3.63, 3.8) is 0 Å². The Bertz CT molecular complexity index is 1360. The van der Waals surface area contributed by atoms with Crippen LogP contribution in [-0.4, -0.2) is 33.8 Å². The van der Waals surface area contributed by atoms with Gasteiger partial charge in [-0.15, -0.1) is 0 Å². The summed E-state index contributed by atoms with van der Waals surface area (Å²) < 4.78 is 16.1. The number of nitrogens with one attached hydrogen (secondary N) is 2. The van der Waals surface area contributed by atoms with Crippen molar-refractivity contribution < 1.29 is 9.18 Å². The highest BCUT2D eigenvalue weighted by Gasteiger charge is 2.22. The van der Waals surface area contributed by atoms with E-state index in [1.54, 1.807) is 35.3 Å². The number of halogens is 1. The Hall–Kier alpha value is -4.35. The normalized spacial score (nSPS) is 12.5. The lowest BCUT2D eigenvalue weighted by Gasteiger charge is -2.20. The third-order valence-electron chi connectivity index (χ3n) is 6.03. The fraction of sp³-hybridized carbons (Fsp3) is 0.214. The predicted octanol–water partition coefficient (Wildman–Crippen LogP) is 4.61. The summed E-state index contributed by atoms with van der Waals surface area (Å²) in [7, 11) is 1.85. The van der Waals surface area contributed by atoms with Crippen molar-refractivity contribution in [3.8, 4) is 17.2 Å². The Morgan fingerprint density at radius 3 is 2.53 bits per heavy atom. The van der Waals surface area contributed by atoms with Gasteiger partial charge in [0.2, 0.25) is 5.91 Å². The molecule has 0 aliphatic rings. The zero-order valence-corrected chi connectivity index (χ0v) is 20.1. The van der Waals surface area contributed by atoms with E-state index in [0.717, 1.165) is 16.7 Å². The quantitative estimate of drug-likeness (QED) is 0.363. The van der Waals surface area contributed by atoms with E-state index in [-0.39, 0.29) is 11.8 Å². The van der Waals surface area contributed by atoms with Gasteiger partial charge < -0.3 is 10.6 Å². The largest absolute Gasteiger partial charge is 0.315 e. The molecule has 36 heavy (non-hydrogen) atoms. The van der Waals surface area contributed by atoms with E-state index in [1.807, 2.05) is 62.6 Å². The number of carbonyl (C=O) groups is 1. The number of hydrogen-bond acceptors (Lipinski definition) is 5. The number of carbonyl (C=O) groups excluding carboxylic acids is 1. The Morgan fingerprint density at radius 1 is 1.08 bits per heavy atom. The standard InChI is InChI=1S/C28H27FN6O/c1-19(24-10-8-20(13-30)12-26(24)29)14-31-17-25(21-6-4-3-5-7-21)28(36)34-27-11-9-22(15-32-27)23-16-33-35(2)18-23/h3-12,15-16,18-19,25,31H,14,17H2,1-2H3,(H,32,34,36)/t19-,25?/m1/s1. The zero-order valence-electron chi connectivity index (χ0n) is 20.1.